The van der Waals surface area contributed by atoms with Gasteiger partial charge in [-0.15, -0.1) is 0 Å². The third-order valence-electron chi connectivity index (χ3n) is 3.85. The predicted octanol–water partition coefficient (Wildman–Crippen LogP) is 4.27. The number of aliphatic hydroxyl groups excluding tert-OH is 1. The average molecular weight is 407 g/mol. The molecule has 1 aromatic heterocycles. The van der Waals surface area contributed by atoms with Crippen LogP contribution in [-0.2, 0) is 12.8 Å². The zero-order valence-corrected chi connectivity index (χ0v) is 14.8. The van der Waals surface area contributed by atoms with Crippen LogP contribution in [0.5, 0.6) is 0 Å². The zero-order valence-electron chi connectivity index (χ0n) is 12.6. The van der Waals surface area contributed by atoms with E-state index in [-0.39, 0.29) is 6.04 Å². The number of hydrogen-bond acceptors (Lipinski definition) is 4. The summed E-state index contributed by atoms with van der Waals surface area (Å²) < 4.78 is 0.953. The number of halogens is 1. The van der Waals surface area contributed by atoms with Gasteiger partial charge in [-0.05, 0) is 52.6 Å². The van der Waals surface area contributed by atoms with E-state index in [1.54, 1.807) is 6.08 Å². The molecule has 114 valence electrons. The van der Waals surface area contributed by atoms with Gasteiger partial charge in [0, 0.05) is 0 Å². The van der Waals surface area contributed by atoms with Crippen LogP contribution < -0.4 is 5.32 Å². The lowest BCUT2D eigenvalue weighted by molar-refractivity contribution is 0.387. The molecule has 0 amide bonds. The topological polar surface area (TPSA) is 58.0 Å². The van der Waals surface area contributed by atoms with Crippen molar-refractivity contribution in [2.24, 2.45) is 0 Å². The van der Waals surface area contributed by atoms with Gasteiger partial charge >= 0.3 is 0 Å². The first-order valence-corrected chi connectivity index (χ1v) is 8.53. The summed E-state index contributed by atoms with van der Waals surface area (Å²) in [7, 11) is 0. The van der Waals surface area contributed by atoms with Crippen molar-refractivity contribution in [2.75, 3.05) is 5.32 Å². The van der Waals surface area contributed by atoms with Crippen molar-refractivity contribution in [1.29, 1.82) is 0 Å². The van der Waals surface area contributed by atoms with Crippen LogP contribution in [0.2, 0.25) is 0 Å². The van der Waals surface area contributed by atoms with Crippen LogP contribution in [0.25, 0.3) is 6.08 Å². The van der Waals surface area contributed by atoms with E-state index in [0.29, 0.717) is 5.76 Å². The molecule has 1 aliphatic carbocycles. The maximum atomic E-state index is 10.3. The molecule has 2 aromatic rings. The monoisotopic (exact) mass is 407 g/mol. The van der Waals surface area contributed by atoms with Gasteiger partial charge in [0.2, 0.25) is 0 Å². The van der Waals surface area contributed by atoms with E-state index >= 15 is 0 Å². The van der Waals surface area contributed by atoms with Crippen LogP contribution in [0.4, 0.5) is 5.82 Å². The number of anilines is 1. The molecule has 0 aliphatic heterocycles. The summed E-state index contributed by atoms with van der Waals surface area (Å²) >= 11 is 2.23. The van der Waals surface area contributed by atoms with Crippen LogP contribution in [-0.4, -0.2) is 15.1 Å². The quantitative estimate of drug-likeness (QED) is 0.744. The lowest BCUT2D eigenvalue weighted by Gasteiger charge is -2.18. The molecule has 22 heavy (non-hydrogen) atoms. The molecule has 0 fully saturated rings. The third kappa shape index (κ3) is 2.69. The number of hydrogen-bond donors (Lipinski definition) is 2. The third-order valence-corrected chi connectivity index (χ3v) is 4.71. The van der Waals surface area contributed by atoms with Crippen molar-refractivity contribution in [2.45, 2.75) is 32.7 Å². The van der Waals surface area contributed by atoms with E-state index in [4.69, 9.17) is 4.98 Å². The van der Waals surface area contributed by atoms with E-state index in [1.807, 2.05) is 24.3 Å². The number of nitrogens with one attached hydrogen (secondary N) is 1. The van der Waals surface area contributed by atoms with Gasteiger partial charge in [0.05, 0.1) is 11.4 Å². The molecule has 0 spiro atoms. The van der Waals surface area contributed by atoms with E-state index in [9.17, 15) is 5.11 Å². The highest BCUT2D eigenvalue weighted by Gasteiger charge is 2.26. The lowest BCUT2D eigenvalue weighted by Crippen LogP contribution is -2.15. The molecule has 4 nitrogen and oxygen atoms in total. The summed E-state index contributed by atoms with van der Waals surface area (Å²) in [5, 5.41) is 13.6. The van der Waals surface area contributed by atoms with Crippen molar-refractivity contribution < 1.29 is 5.11 Å². The highest BCUT2D eigenvalue weighted by Crippen LogP contribution is 2.35. The van der Waals surface area contributed by atoms with Gasteiger partial charge in [0.15, 0.2) is 0 Å². The molecule has 0 saturated carbocycles. The van der Waals surface area contributed by atoms with E-state index in [2.05, 4.69) is 46.7 Å². The molecule has 2 N–H and O–H groups in total. The first-order valence-electron chi connectivity index (χ1n) is 7.45. The second kappa shape index (κ2) is 6.24. The Hall–Kier alpha value is -1.63. The fourth-order valence-electron chi connectivity index (χ4n) is 2.66. The molecule has 1 aromatic carbocycles. The number of aliphatic hydroxyl groups is 1. The smallest absolute Gasteiger partial charge is 0.148 e. The summed E-state index contributed by atoms with van der Waals surface area (Å²) in [5.74, 6) is 1.09. The minimum absolute atomic E-state index is 0.249. The van der Waals surface area contributed by atoms with Crippen molar-refractivity contribution in [3.05, 3.63) is 56.2 Å². The number of benzene rings is 1. The van der Waals surface area contributed by atoms with Gasteiger partial charge in [0.1, 0.15) is 21.3 Å². The zero-order chi connectivity index (χ0) is 15.7. The maximum Gasteiger partial charge on any atom is 0.148 e. The molecular weight excluding hydrogens is 389 g/mol. The van der Waals surface area contributed by atoms with Gasteiger partial charge in [-0.25, -0.2) is 9.97 Å². The second-order valence-corrected chi connectivity index (χ2v) is 6.26. The fraction of sp³-hybridized carbons (Fsp3) is 0.294. The maximum absolute atomic E-state index is 10.3. The fourth-order valence-corrected chi connectivity index (χ4v) is 3.46. The Morgan fingerprint density at radius 3 is 2.59 bits per heavy atom. The summed E-state index contributed by atoms with van der Waals surface area (Å²) in [5.41, 5.74) is 4.03. The Bertz CT molecular complexity index is 743. The molecule has 5 heteroatoms. The SMILES string of the molecule is CCc1nc(NC2C(O)=Cc3ccccc32)c(CC)nc1I. The van der Waals surface area contributed by atoms with Crippen LogP contribution in [0.3, 0.4) is 0 Å². The van der Waals surface area contributed by atoms with Gasteiger partial charge in [0.25, 0.3) is 0 Å². The van der Waals surface area contributed by atoms with Crippen molar-refractivity contribution >= 4 is 34.5 Å². The summed E-state index contributed by atoms with van der Waals surface area (Å²) in [6.45, 7) is 4.14. The van der Waals surface area contributed by atoms with Gasteiger partial charge in [-0.2, -0.15) is 0 Å². The minimum Gasteiger partial charge on any atom is -0.510 e. The molecule has 0 saturated heterocycles. The van der Waals surface area contributed by atoms with Crippen LogP contribution >= 0.6 is 22.6 Å². The first-order chi connectivity index (χ1) is 10.6. The van der Waals surface area contributed by atoms with E-state index in [1.165, 1.54) is 0 Å². The number of rotatable bonds is 4. The van der Waals surface area contributed by atoms with Crippen molar-refractivity contribution in [3.8, 4) is 0 Å². The average Bonchev–Trinajstić information content (AvgIpc) is 2.84. The van der Waals surface area contributed by atoms with Crippen molar-refractivity contribution in [3.63, 3.8) is 0 Å². The van der Waals surface area contributed by atoms with Crippen LogP contribution in [0, 0.1) is 3.70 Å². The molecule has 0 bridgehead atoms. The highest BCUT2D eigenvalue weighted by atomic mass is 127. The van der Waals surface area contributed by atoms with Gasteiger partial charge in [-0.3, -0.25) is 0 Å². The first kappa shape index (κ1) is 15.3. The molecule has 1 heterocycles. The molecule has 1 atom stereocenters. The summed E-state index contributed by atoms with van der Waals surface area (Å²) in [6, 6.07) is 7.74. The number of fused-ring (bicyclic) bond motifs is 1. The Morgan fingerprint density at radius 2 is 1.86 bits per heavy atom. The van der Waals surface area contributed by atoms with Gasteiger partial charge < -0.3 is 10.4 Å². The van der Waals surface area contributed by atoms with Gasteiger partial charge in [-0.1, -0.05) is 38.1 Å². The van der Waals surface area contributed by atoms with Crippen LogP contribution in [0.15, 0.2) is 30.0 Å². The second-order valence-electron chi connectivity index (χ2n) is 5.24. The molecule has 1 unspecified atom stereocenters. The Kier molecular flexibility index (Phi) is 4.33. The lowest BCUT2D eigenvalue weighted by atomic mass is 10.1. The summed E-state index contributed by atoms with van der Waals surface area (Å²) in [6.07, 6.45) is 3.45. The summed E-state index contributed by atoms with van der Waals surface area (Å²) in [4.78, 5) is 9.36. The van der Waals surface area contributed by atoms with E-state index in [0.717, 1.165) is 44.9 Å². The van der Waals surface area contributed by atoms with Crippen molar-refractivity contribution in [1.82, 2.24) is 9.97 Å². The predicted molar refractivity (Wildman–Crippen MR) is 96.9 cm³/mol. The Morgan fingerprint density at radius 1 is 1.14 bits per heavy atom. The molecule has 3 rings (SSSR count). The molecule has 1 aliphatic rings. The Labute approximate surface area is 143 Å². The molecular formula is C17H18IN3O. The number of aryl methyl sites for hydroxylation is 2. The molecule has 0 radical (unpaired) electrons. The Balaban J connectivity index is 1.98. The van der Waals surface area contributed by atoms with Crippen LogP contribution in [0.1, 0.15) is 42.4 Å². The number of nitrogens with zero attached hydrogens (tertiary/aromatic N) is 2. The number of aromatic nitrogens is 2. The van der Waals surface area contributed by atoms with E-state index < -0.39 is 0 Å². The standard InChI is InChI=1S/C17H18IN3O/c1-3-12-16(18)19-13(4-2)17(20-12)21-15-11-8-6-5-7-10(11)9-14(15)22/h5-9,15,22H,3-4H2,1-2H3,(H,20,21). The highest BCUT2D eigenvalue weighted by molar-refractivity contribution is 14.1. The minimum atomic E-state index is -0.249. The largest absolute Gasteiger partial charge is 0.510 e. The normalized spacial score (nSPS) is 16.3.